The number of nitrogens with one attached hydrogen (secondary N) is 2. The summed E-state index contributed by atoms with van der Waals surface area (Å²) in [7, 11) is 0. The first-order valence-corrected chi connectivity index (χ1v) is 7.42. The summed E-state index contributed by atoms with van der Waals surface area (Å²) in [4.78, 5) is 28.6. The molecule has 1 aromatic carbocycles. The molecule has 110 valence electrons. The van der Waals surface area contributed by atoms with Crippen molar-refractivity contribution in [3.63, 3.8) is 0 Å². The maximum atomic E-state index is 12.3. The van der Waals surface area contributed by atoms with Crippen molar-refractivity contribution in [2.45, 2.75) is 18.8 Å². The minimum absolute atomic E-state index is 0.158. The molecule has 2 aliphatic heterocycles. The van der Waals surface area contributed by atoms with E-state index in [1.807, 2.05) is 0 Å². The first-order chi connectivity index (χ1) is 10.1. The molecule has 1 atom stereocenters. The van der Waals surface area contributed by atoms with Gasteiger partial charge in [-0.15, -0.1) is 0 Å². The van der Waals surface area contributed by atoms with E-state index in [4.69, 9.17) is 11.6 Å². The Bertz CT molecular complexity index is 591. The minimum Gasteiger partial charge on any atom is -0.317 e. The van der Waals surface area contributed by atoms with Gasteiger partial charge in [-0.25, -0.2) is 0 Å². The molecule has 1 aromatic rings. The van der Waals surface area contributed by atoms with Crippen LogP contribution < -0.4 is 10.6 Å². The number of hydrogen-bond donors (Lipinski definition) is 2. The van der Waals surface area contributed by atoms with Crippen LogP contribution >= 0.6 is 11.6 Å². The molecular formula is C15H16ClN3O2. The Labute approximate surface area is 127 Å². The van der Waals surface area contributed by atoms with Crippen molar-refractivity contribution in [2.24, 2.45) is 10.9 Å². The SMILES string of the molecule is O=C1N=C(C2CCNCC2)NC(=O)C1c1ccc(Cl)cc1. The average Bonchev–Trinajstić information content (AvgIpc) is 2.49. The Morgan fingerprint density at radius 2 is 1.76 bits per heavy atom. The third-order valence-electron chi connectivity index (χ3n) is 3.92. The minimum atomic E-state index is -0.868. The Morgan fingerprint density at radius 1 is 1.10 bits per heavy atom. The van der Waals surface area contributed by atoms with Gasteiger partial charge >= 0.3 is 0 Å². The van der Waals surface area contributed by atoms with E-state index in [-0.39, 0.29) is 11.8 Å². The topological polar surface area (TPSA) is 70.6 Å². The highest BCUT2D eigenvalue weighted by molar-refractivity contribution is 6.30. The van der Waals surface area contributed by atoms with Crippen molar-refractivity contribution in [2.75, 3.05) is 13.1 Å². The Hall–Kier alpha value is -1.72. The fourth-order valence-corrected chi connectivity index (χ4v) is 2.89. The summed E-state index contributed by atoms with van der Waals surface area (Å²) < 4.78 is 0. The zero-order chi connectivity index (χ0) is 14.8. The van der Waals surface area contributed by atoms with Crippen molar-refractivity contribution < 1.29 is 9.59 Å². The quantitative estimate of drug-likeness (QED) is 0.813. The van der Waals surface area contributed by atoms with Crippen molar-refractivity contribution in [3.05, 3.63) is 34.9 Å². The number of hydrogen-bond acceptors (Lipinski definition) is 3. The maximum absolute atomic E-state index is 12.3. The molecule has 0 radical (unpaired) electrons. The van der Waals surface area contributed by atoms with Gasteiger partial charge in [0.2, 0.25) is 5.91 Å². The number of aliphatic imine (C=N–C) groups is 1. The first kappa shape index (κ1) is 14.2. The standard InChI is InChI=1S/C15H16ClN3O2/c16-11-3-1-9(2-4-11)12-14(20)18-13(19-15(12)21)10-5-7-17-8-6-10/h1-4,10,12,17H,5-8H2,(H,18,19,20,21). The summed E-state index contributed by atoms with van der Waals surface area (Å²) in [5.41, 5.74) is 0.620. The van der Waals surface area contributed by atoms with Gasteiger partial charge in [0.15, 0.2) is 0 Å². The van der Waals surface area contributed by atoms with Gasteiger partial charge in [-0.1, -0.05) is 23.7 Å². The molecule has 2 aliphatic rings. The maximum Gasteiger partial charge on any atom is 0.264 e. The van der Waals surface area contributed by atoms with E-state index in [0.29, 0.717) is 16.4 Å². The summed E-state index contributed by atoms with van der Waals surface area (Å²) in [5, 5.41) is 6.63. The molecule has 5 nitrogen and oxygen atoms in total. The molecule has 2 N–H and O–H groups in total. The van der Waals surface area contributed by atoms with Gasteiger partial charge in [0.05, 0.1) is 0 Å². The number of halogens is 1. The number of nitrogens with zero attached hydrogens (tertiary/aromatic N) is 1. The smallest absolute Gasteiger partial charge is 0.264 e. The molecule has 1 fully saturated rings. The van der Waals surface area contributed by atoms with Gasteiger partial charge in [-0.05, 0) is 43.6 Å². The van der Waals surface area contributed by atoms with E-state index in [1.165, 1.54) is 0 Å². The zero-order valence-electron chi connectivity index (χ0n) is 11.4. The highest BCUT2D eigenvalue weighted by atomic mass is 35.5. The molecule has 3 rings (SSSR count). The van der Waals surface area contributed by atoms with E-state index in [2.05, 4.69) is 15.6 Å². The van der Waals surface area contributed by atoms with Crippen LogP contribution in [-0.4, -0.2) is 30.7 Å². The number of carbonyl (C=O) groups is 2. The molecule has 1 unspecified atom stereocenters. The highest BCUT2D eigenvalue weighted by Crippen LogP contribution is 2.24. The number of rotatable bonds is 2. The lowest BCUT2D eigenvalue weighted by Crippen LogP contribution is -2.47. The molecule has 21 heavy (non-hydrogen) atoms. The lowest BCUT2D eigenvalue weighted by Gasteiger charge is -2.28. The summed E-state index contributed by atoms with van der Waals surface area (Å²) in [6, 6.07) is 6.72. The van der Waals surface area contributed by atoms with Crippen LogP contribution in [0.2, 0.25) is 5.02 Å². The molecule has 2 heterocycles. The number of carbonyl (C=O) groups excluding carboxylic acids is 2. The van der Waals surface area contributed by atoms with Gasteiger partial charge in [0.25, 0.3) is 5.91 Å². The molecule has 0 aromatic heterocycles. The van der Waals surface area contributed by atoms with Crippen LogP contribution in [0.1, 0.15) is 24.3 Å². The van der Waals surface area contributed by atoms with Crippen LogP contribution in [0.15, 0.2) is 29.3 Å². The fraction of sp³-hybridized carbons (Fsp3) is 0.400. The van der Waals surface area contributed by atoms with Gasteiger partial charge in [-0.2, -0.15) is 4.99 Å². The molecule has 0 spiro atoms. The van der Waals surface area contributed by atoms with Crippen LogP contribution in [0, 0.1) is 5.92 Å². The van der Waals surface area contributed by atoms with Crippen molar-refractivity contribution in [3.8, 4) is 0 Å². The zero-order valence-corrected chi connectivity index (χ0v) is 12.2. The summed E-state index contributed by atoms with van der Waals surface area (Å²) in [6.45, 7) is 1.77. The molecule has 2 amide bonds. The second kappa shape index (κ2) is 5.95. The summed E-state index contributed by atoms with van der Waals surface area (Å²) in [6.07, 6.45) is 1.77. The van der Waals surface area contributed by atoms with Gasteiger partial charge in [-0.3, -0.25) is 9.59 Å². The van der Waals surface area contributed by atoms with E-state index in [9.17, 15) is 9.59 Å². The Kier molecular flexibility index (Phi) is 4.03. The molecule has 1 saturated heterocycles. The highest BCUT2D eigenvalue weighted by Gasteiger charge is 2.35. The number of amidine groups is 1. The molecule has 6 heteroatoms. The van der Waals surface area contributed by atoms with Gasteiger partial charge in [0.1, 0.15) is 11.8 Å². The number of piperidine rings is 1. The van der Waals surface area contributed by atoms with Crippen LogP contribution in [-0.2, 0) is 9.59 Å². The normalized spacial score (nSPS) is 23.7. The second-order valence-electron chi connectivity index (χ2n) is 5.33. The monoisotopic (exact) mass is 305 g/mol. The Balaban J connectivity index is 1.83. The largest absolute Gasteiger partial charge is 0.317 e. The van der Waals surface area contributed by atoms with E-state index in [1.54, 1.807) is 24.3 Å². The van der Waals surface area contributed by atoms with E-state index >= 15 is 0 Å². The summed E-state index contributed by atoms with van der Waals surface area (Å²) in [5.74, 6) is -0.879. The van der Waals surface area contributed by atoms with E-state index in [0.717, 1.165) is 25.9 Å². The predicted molar refractivity (Wildman–Crippen MR) is 80.4 cm³/mol. The molecule has 0 saturated carbocycles. The summed E-state index contributed by atoms with van der Waals surface area (Å²) >= 11 is 5.83. The van der Waals surface area contributed by atoms with Crippen LogP contribution in [0.3, 0.4) is 0 Å². The Morgan fingerprint density at radius 3 is 2.38 bits per heavy atom. The molecule has 0 bridgehead atoms. The number of benzene rings is 1. The van der Waals surface area contributed by atoms with Crippen LogP contribution in [0.25, 0.3) is 0 Å². The second-order valence-corrected chi connectivity index (χ2v) is 5.77. The molecule has 0 aliphatic carbocycles. The van der Waals surface area contributed by atoms with Crippen LogP contribution in [0.5, 0.6) is 0 Å². The van der Waals surface area contributed by atoms with Crippen molar-refractivity contribution in [1.82, 2.24) is 10.6 Å². The van der Waals surface area contributed by atoms with Gasteiger partial charge in [0, 0.05) is 10.9 Å². The first-order valence-electron chi connectivity index (χ1n) is 7.04. The van der Waals surface area contributed by atoms with Crippen molar-refractivity contribution in [1.29, 1.82) is 0 Å². The van der Waals surface area contributed by atoms with Gasteiger partial charge < -0.3 is 10.6 Å². The lowest BCUT2D eigenvalue weighted by molar-refractivity contribution is -0.130. The number of amides is 2. The van der Waals surface area contributed by atoms with E-state index < -0.39 is 11.8 Å². The lowest BCUT2D eigenvalue weighted by atomic mass is 9.92. The third kappa shape index (κ3) is 2.99. The molecular weight excluding hydrogens is 290 g/mol. The predicted octanol–water partition coefficient (Wildman–Crippen LogP) is 1.48. The third-order valence-corrected chi connectivity index (χ3v) is 4.17. The fourth-order valence-electron chi connectivity index (χ4n) is 2.76. The average molecular weight is 306 g/mol. The van der Waals surface area contributed by atoms with Crippen LogP contribution in [0.4, 0.5) is 0 Å². The van der Waals surface area contributed by atoms with Crippen molar-refractivity contribution >= 4 is 29.3 Å².